The van der Waals surface area contributed by atoms with Crippen molar-refractivity contribution in [1.29, 1.82) is 0 Å². The van der Waals surface area contributed by atoms with Gasteiger partial charge in [0.1, 0.15) is 7.11 Å². The van der Waals surface area contributed by atoms with E-state index in [1.807, 2.05) is 0 Å². The molecule has 1 unspecified atom stereocenters. The number of hydrogen-bond donors (Lipinski definition) is 0. The van der Waals surface area contributed by atoms with E-state index in [-0.39, 0.29) is 0 Å². The zero-order valence-corrected chi connectivity index (χ0v) is 12.4. The molecule has 1 atom stereocenters. The Kier molecular flexibility index (Phi) is 6.53. The average molecular weight is 366 g/mol. The van der Waals surface area contributed by atoms with Crippen LogP contribution in [0.4, 0.5) is 26.3 Å². The summed E-state index contributed by atoms with van der Waals surface area (Å²) in [5.74, 6) is -2.38. The van der Waals surface area contributed by atoms with Crippen molar-refractivity contribution in [3.8, 4) is 0 Å². The highest BCUT2D eigenvalue weighted by Crippen LogP contribution is 2.34. The number of halogens is 6. The SMILES string of the molecule is CON=Cc1sc(S(=O)CCC(F)=C(F)F)nc1C(F)(F)F. The predicted molar refractivity (Wildman–Crippen MR) is 68.0 cm³/mol. The molecule has 1 aromatic heterocycles. The van der Waals surface area contributed by atoms with Gasteiger partial charge in [-0.1, -0.05) is 5.16 Å². The maximum atomic E-state index is 12.7. The fourth-order valence-corrected chi connectivity index (χ4v) is 3.47. The van der Waals surface area contributed by atoms with E-state index in [4.69, 9.17) is 0 Å². The highest BCUT2D eigenvalue weighted by atomic mass is 32.2. The number of hydrogen-bond acceptors (Lipinski definition) is 5. The van der Waals surface area contributed by atoms with Gasteiger partial charge in [0.2, 0.25) is 0 Å². The molecule has 124 valence electrons. The van der Waals surface area contributed by atoms with E-state index in [0.29, 0.717) is 11.3 Å². The van der Waals surface area contributed by atoms with Gasteiger partial charge in [0.05, 0.1) is 21.9 Å². The van der Waals surface area contributed by atoms with E-state index < -0.39 is 56.0 Å². The highest BCUT2D eigenvalue weighted by Gasteiger charge is 2.37. The topological polar surface area (TPSA) is 51.5 Å². The second-order valence-corrected chi connectivity index (χ2v) is 6.35. The van der Waals surface area contributed by atoms with Crippen LogP contribution in [0.15, 0.2) is 21.4 Å². The molecular weight excluding hydrogens is 358 g/mol. The summed E-state index contributed by atoms with van der Waals surface area (Å²) < 4.78 is 85.8. The van der Waals surface area contributed by atoms with Crippen LogP contribution in [0.25, 0.3) is 0 Å². The van der Waals surface area contributed by atoms with Crippen molar-refractivity contribution < 1.29 is 35.4 Å². The molecule has 0 bridgehead atoms. The summed E-state index contributed by atoms with van der Waals surface area (Å²) >= 11 is 0.408. The standard InChI is InChI=1S/C10H8F6N2O2S2/c1-20-17-4-6-7(10(14,15)16)18-9(21-6)22(19)3-2-5(11)8(12)13/h4H,2-3H2,1H3. The second-order valence-electron chi connectivity index (χ2n) is 3.57. The lowest BCUT2D eigenvalue weighted by molar-refractivity contribution is -0.141. The van der Waals surface area contributed by atoms with Crippen molar-refractivity contribution in [2.24, 2.45) is 5.16 Å². The Morgan fingerprint density at radius 1 is 1.41 bits per heavy atom. The first-order chi connectivity index (χ1) is 10.2. The normalized spacial score (nSPS) is 13.4. The Morgan fingerprint density at radius 2 is 2.05 bits per heavy atom. The summed E-state index contributed by atoms with van der Waals surface area (Å²) in [4.78, 5) is 6.98. The molecule has 0 aliphatic carbocycles. The molecule has 0 aliphatic heterocycles. The number of thiazole rings is 1. The summed E-state index contributed by atoms with van der Waals surface area (Å²) in [6.45, 7) is 0. The number of rotatable bonds is 6. The zero-order chi connectivity index (χ0) is 16.9. The van der Waals surface area contributed by atoms with Crippen LogP contribution in [-0.4, -0.2) is 28.3 Å². The van der Waals surface area contributed by atoms with Crippen LogP contribution in [0.3, 0.4) is 0 Å². The minimum Gasteiger partial charge on any atom is -0.399 e. The van der Waals surface area contributed by atoms with Crippen LogP contribution in [0.1, 0.15) is 17.0 Å². The first-order valence-corrected chi connectivity index (χ1v) is 7.53. The summed E-state index contributed by atoms with van der Waals surface area (Å²) in [6.07, 6.45) is -7.50. The third-order valence-corrected chi connectivity index (χ3v) is 4.73. The van der Waals surface area contributed by atoms with Gasteiger partial charge in [0.15, 0.2) is 15.9 Å². The number of oxime groups is 1. The Labute approximate surface area is 126 Å². The third kappa shape index (κ3) is 5.09. The van der Waals surface area contributed by atoms with E-state index in [1.54, 1.807) is 0 Å². The molecule has 12 heteroatoms. The predicted octanol–water partition coefficient (Wildman–Crippen LogP) is 3.72. The number of alkyl halides is 3. The quantitative estimate of drug-likeness (QED) is 0.438. The molecule has 1 heterocycles. The molecule has 0 amide bonds. The fraction of sp³-hybridized carbons (Fsp3) is 0.400. The molecule has 0 saturated carbocycles. The Balaban J connectivity index is 3.01. The largest absolute Gasteiger partial charge is 0.434 e. The lowest BCUT2D eigenvalue weighted by Gasteiger charge is -2.02. The van der Waals surface area contributed by atoms with Crippen molar-refractivity contribution >= 4 is 28.4 Å². The average Bonchev–Trinajstić information content (AvgIpc) is 2.86. The lowest BCUT2D eigenvalue weighted by Crippen LogP contribution is -2.09. The summed E-state index contributed by atoms with van der Waals surface area (Å²) in [6, 6.07) is 0. The van der Waals surface area contributed by atoms with Gasteiger partial charge < -0.3 is 4.84 Å². The maximum Gasteiger partial charge on any atom is 0.434 e. The Morgan fingerprint density at radius 3 is 2.55 bits per heavy atom. The van der Waals surface area contributed by atoms with E-state index >= 15 is 0 Å². The van der Waals surface area contributed by atoms with Gasteiger partial charge in [0, 0.05) is 12.2 Å². The van der Waals surface area contributed by atoms with Crippen LogP contribution in [0.5, 0.6) is 0 Å². The monoisotopic (exact) mass is 366 g/mol. The van der Waals surface area contributed by atoms with Gasteiger partial charge in [-0.15, -0.1) is 11.3 Å². The minimum atomic E-state index is -4.82. The van der Waals surface area contributed by atoms with E-state index in [0.717, 1.165) is 13.3 Å². The molecule has 0 aromatic carbocycles. The second kappa shape index (κ2) is 7.72. The molecule has 1 aromatic rings. The Bertz CT molecular complexity index is 607. The van der Waals surface area contributed by atoms with Crippen LogP contribution >= 0.6 is 11.3 Å². The zero-order valence-electron chi connectivity index (χ0n) is 10.8. The van der Waals surface area contributed by atoms with Crippen LogP contribution < -0.4 is 0 Å². The van der Waals surface area contributed by atoms with Crippen molar-refractivity contribution in [2.45, 2.75) is 16.9 Å². The molecule has 0 radical (unpaired) electrons. The summed E-state index contributed by atoms with van der Waals surface area (Å²) in [5, 5.41) is 3.17. The molecule has 0 N–H and O–H groups in total. The molecular formula is C10H8F6N2O2S2. The third-order valence-electron chi connectivity index (χ3n) is 2.08. The van der Waals surface area contributed by atoms with Crippen LogP contribution in [0, 0.1) is 0 Å². The molecule has 1 rings (SSSR count). The lowest BCUT2D eigenvalue weighted by atomic mass is 10.4. The minimum absolute atomic E-state index is 0.408. The van der Waals surface area contributed by atoms with Crippen molar-refractivity contribution in [3.05, 3.63) is 22.5 Å². The van der Waals surface area contributed by atoms with E-state index in [2.05, 4.69) is 15.0 Å². The highest BCUT2D eigenvalue weighted by molar-refractivity contribution is 7.87. The smallest absolute Gasteiger partial charge is 0.399 e. The molecule has 0 fully saturated rings. The van der Waals surface area contributed by atoms with Gasteiger partial charge in [0.25, 0.3) is 0 Å². The summed E-state index contributed by atoms with van der Waals surface area (Å²) in [7, 11) is -1.04. The van der Waals surface area contributed by atoms with Gasteiger partial charge in [-0.3, -0.25) is 4.21 Å². The first-order valence-electron chi connectivity index (χ1n) is 5.39. The van der Waals surface area contributed by atoms with Gasteiger partial charge in [-0.2, -0.15) is 22.0 Å². The van der Waals surface area contributed by atoms with Crippen LogP contribution in [-0.2, 0) is 21.8 Å². The molecule has 0 aliphatic rings. The number of nitrogens with zero attached hydrogens (tertiary/aromatic N) is 2. The maximum absolute atomic E-state index is 12.7. The van der Waals surface area contributed by atoms with Gasteiger partial charge in [-0.25, -0.2) is 9.37 Å². The Hall–Kier alpha value is -1.43. The number of aromatic nitrogens is 1. The molecule has 0 saturated heterocycles. The molecule has 22 heavy (non-hydrogen) atoms. The molecule has 4 nitrogen and oxygen atoms in total. The first kappa shape index (κ1) is 18.6. The molecule has 0 spiro atoms. The van der Waals surface area contributed by atoms with E-state index in [9.17, 15) is 30.6 Å². The van der Waals surface area contributed by atoms with Crippen molar-refractivity contribution in [3.63, 3.8) is 0 Å². The van der Waals surface area contributed by atoms with E-state index in [1.165, 1.54) is 0 Å². The van der Waals surface area contributed by atoms with Crippen molar-refractivity contribution in [2.75, 3.05) is 12.9 Å². The number of allylic oxidation sites excluding steroid dienone is 1. The fourth-order valence-electron chi connectivity index (χ4n) is 1.16. The summed E-state index contributed by atoms with van der Waals surface area (Å²) in [5.41, 5.74) is -1.32. The van der Waals surface area contributed by atoms with Crippen LogP contribution in [0.2, 0.25) is 0 Å². The van der Waals surface area contributed by atoms with Gasteiger partial charge in [-0.05, 0) is 0 Å². The van der Waals surface area contributed by atoms with Gasteiger partial charge >= 0.3 is 12.3 Å². The van der Waals surface area contributed by atoms with Crippen molar-refractivity contribution in [1.82, 2.24) is 4.98 Å².